The fourth-order valence-electron chi connectivity index (χ4n) is 5.47. The van der Waals surface area contributed by atoms with Gasteiger partial charge in [0.2, 0.25) is 11.6 Å². The number of ketones is 2. The molecule has 0 aromatic carbocycles. The van der Waals surface area contributed by atoms with Crippen molar-refractivity contribution < 1.29 is 9.59 Å². The SMILES string of the molecule is O=C1C(=O)C2CC3NCCCC3C3CCCC1C23. The van der Waals surface area contributed by atoms with Crippen LogP contribution < -0.4 is 5.32 Å². The van der Waals surface area contributed by atoms with Crippen LogP contribution in [0, 0.1) is 29.6 Å². The molecule has 0 bridgehead atoms. The van der Waals surface area contributed by atoms with Gasteiger partial charge in [0.25, 0.3) is 0 Å². The highest BCUT2D eigenvalue weighted by Crippen LogP contribution is 2.55. The Morgan fingerprint density at radius 2 is 1.67 bits per heavy atom. The first-order chi connectivity index (χ1) is 8.77. The van der Waals surface area contributed by atoms with Crippen molar-refractivity contribution in [2.75, 3.05) is 6.54 Å². The lowest BCUT2D eigenvalue weighted by Gasteiger charge is -2.50. The summed E-state index contributed by atoms with van der Waals surface area (Å²) in [5, 5.41) is 3.61. The zero-order valence-corrected chi connectivity index (χ0v) is 10.7. The van der Waals surface area contributed by atoms with Gasteiger partial charge in [-0.1, -0.05) is 6.42 Å². The van der Waals surface area contributed by atoms with Gasteiger partial charge in [0.15, 0.2) is 0 Å². The smallest absolute Gasteiger partial charge is 0.202 e. The van der Waals surface area contributed by atoms with Crippen LogP contribution in [0.15, 0.2) is 0 Å². The van der Waals surface area contributed by atoms with Crippen LogP contribution in [0.2, 0.25) is 0 Å². The summed E-state index contributed by atoms with van der Waals surface area (Å²) in [6.45, 7) is 1.09. The Hall–Kier alpha value is -0.700. The summed E-state index contributed by atoms with van der Waals surface area (Å²) >= 11 is 0. The maximum Gasteiger partial charge on any atom is 0.202 e. The summed E-state index contributed by atoms with van der Waals surface area (Å²) in [6, 6.07) is 0.513. The average Bonchev–Trinajstić information content (AvgIpc) is 2.66. The molecule has 1 N–H and O–H groups in total. The maximum absolute atomic E-state index is 12.2. The van der Waals surface area contributed by atoms with E-state index in [9.17, 15) is 9.59 Å². The molecule has 4 rings (SSSR count). The molecule has 1 aliphatic heterocycles. The molecule has 3 aliphatic carbocycles. The summed E-state index contributed by atoms with van der Waals surface area (Å²) in [4.78, 5) is 24.3. The molecule has 0 aromatic rings. The highest BCUT2D eigenvalue weighted by atomic mass is 16.2. The third-order valence-corrected chi connectivity index (χ3v) is 6.09. The molecule has 0 spiro atoms. The molecule has 4 fully saturated rings. The zero-order chi connectivity index (χ0) is 12.3. The molecule has 3 saturated carbocycles. The number of piperidine rings is 1. The third kappa shape index (κ3) is 1.34. The monoisotopic (exact) mass is 247 g/mol. The second-order valence-electron chi connectivity index (χ2n) is 6.72. The van der Waals surface area contributed by atoms with E-state index in [2.05, 4.69) is 5.32 Å². The topological polar surface area (TPSA) is 46.2 Å². The normalized spacial score (nSPS) is 50.9. The van der Waals surface area contributed by atoms with E-state index in [0.29, 0.717) is 17.9 Å². The maximum atomic E-state index is 12.2. The largest absolute Gasteiger partial charge is 0.314 e. The van der Waals surface area contributed by atoms with E-state index in [0.717, 1.165) is 31.7 Å². The number of nitrogens with one attached hydrogen (secondary N) is 1. The molecule has 3 nitrogen and oxygen atoms in total. The minimum absolute atomic E-state index is 0.0200. The number of rotatable bonds is 0. The summed E-state index contributed by atoms with van der Waals surface area (Å²) in [7, 11) is 0. The lowest BCUT2D eigenvalue weighted by molar-refractivity contribution is -0.137. The molecule has 18 heavy (non-hydrogen) atoms. The van der Waals surface area contributed by atoms with Crippen molar-refractivity contribution >= 4 is 11.6 Å². The molecular weight excluding hydrogens is 226 g/mol. The minimum Gasteiger partial charge on any atom is -0.314 e. The molecular formula is C15H21NO2. The number of hydrogen-bond acceptors (Lipinski definition) is 3. The van der Waals surface area contributed by atoms with E-state index in [1.54, 1.807) is 0 Å². The van der Waals surface area contributed by atoms with Crippen molar-refractivity contribution in [1.29, 1.82) is 0 Å². The Bertz CT molecular complexity index is 405. The van der Waals surface area contributed by atoms with Crippen LogP contribution >= 0.6 is 0 Å². The standard InChI is InChI=1S/C15H21NO2/c17-14-10-4-1-3-9-8-5-2-6-16-12(8)7-11(13(9)10)15(14)18/h8-13,16H,1-7H2. The number of Topliss-reactive ketones (excluding diaryl/α,β-unsaturated/α-hetero) is 2. The second-order valence-corrected chi connectivity index (χ2v) is 6.72. The van der Waals surface area contributed by atoms with Crippen molar-refractivity contribution in [3.8, 4) is 0 Å². The highest BCUT2D eigenvalue weighted by molar-refractivity contribution is 6.41. The van der Waals surface area contributed by atoms with Crippen molar-refractivity contribution in [2.45, 2.75) is 44.6 Å². The van der Waals surface area contributed by atoms with Gasteiger partial charge in [-0.3, -0.25) is 9.59 Å². The summed E-state index contributed by atoms with van der Waals surface area (Å²) in [6.07, 6.45) is 6.89. The van der Waals surface area contributed by atoms with E-state index in [4.69, 9.17) is 0 Å². The van der Waals surface area contributed by atoms with Crippen LogP contribution in [0.3, 0.4) is 0 Å². The number of fused-ring (bicyclic) bond motifs is 2. The van der Waals surface area contributed by atoms with Gasteiger partial charge in [-0.2, -0.15) is 0 Å². The molecule has 0 radical (unpaired) electrons. The highest BCUT2D eigenvalue weighted by Gasteiger charge is 2.58. The number of hydrogen-bond donors (Lipinski definition) is 1. The van der Waals surface area contributed by atoms with E-state index >= 15 is 0 Å². The number of carbonyl (C=O) groups excluding carboxylic acids is 2. The minimum atomic E-state index is -0.0253. The first-order valence-electron chi connectivity index (χ1n) is 7.59. The van der Waals surface area contributed by atoms with Gasteiger partial charge < -0.3 is 5.32 Å². The molecule has 0 aromatic heterocycles. The quantitative estimate of drug-likeness (QED) is 0.661. The van der Waals surface area contributed by atoms with Crippen molar-refractivity contribution in [2.24, 2.45) is 29.6 Å². The van der Waals surface area contributed by atoms with Crippen molar-refractivity contribution in [3.05, 3.63) is 0 Å². The summed E-state index contributed by atoms with van der Waals surface area (Å²) in [5.41, 5.74) is 0. The summed E-state index contributed by atoms with van der Waals surface area (Å²) in [5.74, 6) is 1.93. The van der Waals surface area contributed by atoms with Crippen LogP contribution in [0.4, 0.5) is 0 Å². The van der Waals surface area contributed by atoms with E-state index in [-0.39, 0.29) is 23.4 Å². The fraction of sp³-hybridized carbons (Fsp3) is 0.867. The predicted octanol–water partition coefficient (Wildman–Crippen LogP) is 1.56. The van der Waals surface area contributed by atoms with Crippen LogP contribution in [0.25, 0.3) is 0 Å². The molecule has 6 unspecified atom stereocenters. The number of carbonyl (C=O) groups is 2. The summed E-state index contributed by atoms with van der Waals surface area (Å²) < 4.78 is 0. The van der Waals surface area contributed by atoms with Crippen LogP contribution in [0.1, 0.15) is 38.5 Å². The van der Waals surface area contributed by atoms with Crippen molar-refractivity contribution in [1.82, 2.24) is 5.32 Å². The third-order valence-electron chi connectivity index (χ3n) is 6.09. The lowest BCUT2D eigenvalue weighted by atomic mass is 9.57. The van der Waals surface area contributed by atoms with Crippen LogP contribution in [-0.4, -0.2) is 24.2 Å². The van der Waals surface area contributed by atoms with Crippen LogP contribution in [-0.2, 0) is 9.59 Å². The fourth-order valence-corrected chi connectivity index (χ4v) is 5.47. The molecule has 6 atom stereocenters. The van der Waals surface area contributed by atoms with E-state index in [1.807, 2.05) is 0 Å². The molecule has 0 amide bonds. The van der Waals surface area contributed by atoms with Gasteiger partial charge in [-0.05, 0) is 56.4 Å². The van der Waals surface area contributed by atoms with Gasteiger partial charge in [-0.25, -0.2) is 0 Å². The predicted molar refractivity (Wildman–Crippen MR) is 67.0 cm³/mol. The van der Waals surface area contributed by atoms with Crippen LogP contribution in [0.5, 0.6) is 0 Å². The van der Waals surface area contributed by atoms with Gasteiger partial charge in [-0.15, -0.1) is 0 Å². The van der Waals surface area contributed by atoms with Crippen molar-refractivity contribution in [3.63, 3.8) is 0 Å². The van der Waals surface area contributed by atoms with E-state index in [1.165, 1.54) is 19.3 Å². The molecule has 1 heterocycles. The van der Waals surface area contributed by atoms with Gasteiger partial charge in [0, 0.05) is 17.9 Å². The molecule has 4 aliphatic rings. The Kier molecular flexibility index (Phi) is 2.41. The first-order valence-corrected chi connectivity index (χ1v) is 7.59. The second kappa shape index (κ2) is 3.89. The molecule has 3 heteroatoms. The Morgan fingerprint density at radius 1 is 0.889 bits per heavy atom. The zero-order valence-electron chi connectivity index (χ0n) is 10.7. The van der Waals surface area contributed by atoms with Gasteiger partial charge in [0.05, 0.1) is 0 Å². The Labute approximate surface area is 108 Å². The first kappa shape index (κ1) is 11.2. The Morgan fingerprint density at radius 3 is 2.56 bits per heavy atom. The Balaban J connectivity index is 1.72. The average molecular weight is 247 g/mol. The molecule has 1 saturated heterocycles. The van der Waals surface area contributed by atoms with Gasteiger partial charge in [0.1, 0.15) is 0 Å². The van der Waals surface area contributed by atoms with E-state index < -0.39 is 0 Å². The lowest BCUT2D eigenvalue weighted by Crippen LogP contribution is -2.53. The van der Waals surface area contributed by atoms with Gasteiger partial charge >= 0.3 is 0 Å². The molecule has 98 valence electrons.